The van der Waals surface area contributed by atoms with E-state index in [2.05, 4.69) is 24.2 Å². The molecule has 0 bridgehead atoms. The fraction of sp³-hybridized carbons (Fsp3) is 0.321. The van der Waals surface area contributed by atoms with Gasteiger partial charge in [0.2, 0.25) is 0 Å². The minimum absolute atomic E-state index is 0.0252. The summed E-state index contributed by atoms with van der Waals surface area (Å²) in [6, 6.07) is 9.09. The number of fused-ring (bicyclic) bond motifs is 1. The van der Waals surface area contributed by atoms with Crippen LogP contribution in [0.2, 0.25) is 0 Å². The third-order valence-corrected chi connectivity index (χ3v) is 6.51. The Hall–Kier alpha value is -3.99. The highest BCUT2D eigenvalue weighted by atomic mass is 19.3. The molecule has 8 heteroatoms. The standard InChI is InChI=1S/C28H27F2N3O3/c1-4-9-28(17-31,10-5-2)20-8-11-33-21(16-32-25(33)15-20)19-13-23(35-3)26(22(34)12-18-6-7-18)24(14-19)36-27(29)30/h4-5,8,11,13-16,18,27H,1-2,6-7,9-10,12H2,3H3. The van der Waals surface area contributed by atoms with Crippen molar-refractivity contribution in [2.75, 3.05) is 7.11 Å². The lowest BCUT2D eigenvalue weighted by molar-refractivity contribution is -0.0502. The van der Waals surface area contributed by atoms with Crippen molar-refractivity contribution in [2.45, 2.75) is 44.1 Å². The Morgan fingerprint density at radius 2 is 1.97 bits per heavy atom. The number of benzene rings is 1. The molecule has 4 rings (SSSR count). The molecule has 0 aliphatic heterocycles. The summed E-state index contributed by atoms with van der Waals surface area (Å²) in [5.41, 5.74) is 1.63. The molecule has 3 aromatic rings. The Balaban J connectivity index is 1.81. The number of Topliss-reactive ketones (excluding diaryl/α,β-unsaturated/α-hetero) is 1. The number of aromatic nitrogens is 2. The van der Waals surface area contributed by atoms with Crippen molar-refractivity contribution in [3.8, 4) is 28.8 Å². The number of allylic oxidation sites excluding steroid dienone is 2. The van der Waals surface area contributed by atoms with Gasteiger partial charge in [0.1, 0.15) is 22.7 Å². The zero-order valence-electron chi connectivity index (χ0n) is 20.0. The van der Waals surface area contributed by atoms with Crippen molar-refractivity contribution in [3.05, 3.63) is 73.1 Å². The van der Waals surface area contributed by atoms with Crippen LogP contribution in [-0.2, 0) is 5.41 Å². The van der Waals surface area contributed by atoms with Gasteiger partial charge in [-0.15, -0.1) is 13.2 Å². The fourth-order valence-electron chi connectivity index (χ4n) is 4.51. The van der Waals surface area contributed by atoms with Gasteiger partial charge in [0.05, 0.1) is 30.5 Å². The SMILES string of the molecule is C=CCC(C#N)(CC=C)c1ccn2c(-c3cc(OC)c(C(=O)CC4CC4)c(OC(F)F)c3)cnc2c1. The number of hydrogen-bond acceptors (Lipinski definition) is 5. The van der Waals surface area contributed by atoms with E-state index < -0.39 is 12.0 Å². The molecule has 0 atom stereocenters. The number of ether oxygens (including phenoxy) is 2. The van der Waals surface area contributed by atoms with Gasteiger partial charge in [-0.3, -0.25) is 9.20 Å². The van der Waals surface area contributed by atoms with Gasteiger partial charge in [-0.05, 0) is 61.4 Å². The second-order valence-electron chi connectivity index (χ2n) is 8.97. The number of carbonyl (C=O) groups excluding carboxylic acids is 1. The van der Waals surface area contributed by atoms with Crippen molar-refractivity contribution in [1.82, 2.24) is 9.38 Å². The largest absolute Gasteiger partial charge is 0.496 e. The minimum Gasteiger partial charge on any atom is -0.496 e. The number of hydrogen-bond donors (Lipinski definition) is 0. The normalized spacial score (nSPS) is 13.4. The van der Waals surface area contributed by atoms with Gasteiger partial charge in [-0.1, -0.05) is 12.2 Å². The van der Waals surface area contributed by atoms with Crippen LogP contribution in [0.15, 0.2) is 62.0 Å². The van der Waals surface area contributed by atoms with Crippen LogP contribution in [0.5, 0.6) is 11.5 Å². The van der Waals surface area contributed by atoms with Gasteiger partial charge in [-0.2, -0.15) is 14.0 Å². The number of imidazole rings is 1. The molecular formula is C28H27F2N3O3. The van der Waals surface area contributed by atoms with E-state index in [-0.39, 0.29) is 35.2 Å². The summed E-state index contributed by atoms with van der Waals surface area (Å²) in [5, 5.41) is 9.95. The van der Waals surface area contributed by atoms with E-state index in [1.807, 2.05) is 12.1 Å². The molecule has 0 spiro atoms. The predicted octanol–water partition coefficient (Wildman–Crippen LogP) is 6.51. The monoisotopic (exact) mass is 491 g/mol. The van der Waals surface area contributed by atoms with Gasteiger partial charge in [0.25, 0.3) is 0 Å². The molecule has 36 heavy (non-hydrogen) atoms. The maximum absolute atomic E-state index is 13.3. The number of alkyl halides is 2. The molecule has 1 fully saturated rings. The third-order valence-electron chi connectivity index (χ3n) is 6.51. The third kappa shape index (κ3) is 4.87. The lowest BCUT2D eigenvalue weighted by Gasteiger charge is -2.24. The molecule has 0 saturated heterocycles. The summed E-state index contributed by atoms with van der Waals surface area (Å²) in [4.78, 5) is 17.4. The maximum atomic E-state index is 13.3. The molecule has 6 nitrogen and oxygen atoms in total. The Morgan fingerprint density at radius 3 is 2.56 bits per heavy atom. The Morgan fingerprint density at radius 1 is 1.28 bits per heavy atom. The first-order valence-corrected chi connectivity index (χ1v) is 11.7. The second-order valence-corrected chi connectivity index (χ2v) is 8.97. The van der Waals surface area contributed by atoms with Crippen molar-refractivity contribution in [1.29, 1.82) is 5.26 Å². The van der Waals surface area contributed by atoms with Crippen LogP contribution in [0.3, 0.4) is 0 Å². The van der Waals surface area contributed by atoms with E-state index in [9.17, 15) is 18.8 Å². The van der Waals surface area contributed by atoms with Crippen LogP contribution in [0.4, 0.5) is 8.78 Å². The Bertz CT molecular complexity index is 1340. The maximum Gasteiger partial charge on any atom is 0.387 e. The first-order chi connectivity index (χ1) is 17.4. The zero-order chi connectivity index (χ0) is 25.9. The highest BCUT2D eigenvalue weighted by molar-refractivity contribution is 6.02. The average molecular weight is 492 g/mol. The van der Waals surface area contributed by atoms with E-state index in [0.717, 1.165) is 18.4 Å². The van der Waals surface area contributed by atoms with Crippen molar-refractivity contribution in [3.63, 3.8) is 0 Å². The predicted molar refractivity (Wildman–Crippen MR) is 132 cm³/mol. The number of carbonyl (C=O) groups is 1. The quantitative estimate of drug-likeness (QED) is 0.213. The lowest BCUT2D eigenvalue weighted by atomic mass is 9.76. The molecule has 2 aromatic heterocycles. The Labute approximate surface area is 208 Å². The number of halogens is 2. The van der Waals surface area contributed by atoms with Crippen LogP contribution in [0.25, 0.3) is 16.9 Å². The molecule has 0 radical (unpaired) electrons. The molecule has 1 aromatic carbocycles. The molecule has 1 aliphatic rings. The summed E-state index contributed by atoms with van der Waals surface area (Å²) < 4.78 is 38.6. The molecule has 1 aliphatic carbocycles. The van der Waals surface area contributed by atoms with Crippen molar-refractivity contribution < 1.29 is 23.0 Å². The zero-order valence-corrected chi connectivity index (χ0v) is 20.0. The molecule has 0 N–H and O–H groups in total. The Kier molecular flexibility index (Phi) is 7.20. The first-order valence-electron chi connectivity index (χ1n) is 11.7. The highest BCUT2D eigenvalue weighted by Crippen LogP contribution is 2.41. The van der Waals surface area contributed by atoms with Gasteiger partial charge < -0.3 is 9.47 Å². The molecule has 0 unspecified atom stereocenters. The topological polar surface area (TPSA) is 76.6 Å². The van der Waals surface area contributed by atoms with E-state index in [1.165, 1.54) is 13.2 Å². The van der Waals surface area contributed by atoms with Gasteiger partial charge in [0, 0.05) is 18.2 Å². The molecule has 1 saturated carbocycles. The summed E-state index contributed by atoms with van der Waals surface area (Å²) in [7, 11) is 1.39. The van der Waals surface area contributed by atoms with Crippen LogP contribution < -0.4 is 9.47 Å². The summed E-state index contributed by atoms with van der Waals surface area (Å²) in [6.07, 6.45) is 9.85. The second kappa shape index (κ2) is 10.3. The van der Waals surface area contributed by atoms with Gasteiger partial charge in [0.15, 0.2) is 5.78 Å². The van der Waals surface area contributed by atoms with Gasteiger partial charge in [-0.25, -0.2) is 4.98 Å². The van der Waals surface area contributed by atoms with Crippen molar-refractivity contribution in [2.24, 2.45) is 5.92 Å². The smallest absolute Gasteiger partial charge is 0.387 e. The van der Waals surface area contributed by atoms with Crippen LogP contribution >= 0.6 is 0 Å². The van der Waals surface area contributed by atoms with Crippen LogP contribution in [-0.4, -0.2) is 28.9 Å². The van der Waals surface area contributed by atoms with E-state index in [1.54, 1.807) is 35.0 Å². The van der Waals surface area contributed by atoms with E-state index >= 15 is 0 Å². The number of rotatable bonds is 12. The number of ketones is 1. The summed E-state index contributed by atoms with van der Waals surface area (Å²) >= 11 is 0. The lowest BCUT2D eigenvalue weighted by Crippen LogP contribution is -2.22. The number of pyridine rings is 1. The number of nitrogens with zero attached hydrogens (tertiary/aromatic N) is 3. The minimum atomic E-state index is -3.10. The summed E-state index contributed by atoms with van der Waals surface area (Å²) in [5.74, 6) is -0.0635. The van der Waals surface area contributed by atoms with E-state index in [0.29, 0.717) is 29.7 Å². The molecule has 186 valence electrons. The molecule has 0 amide bonds. The fourth-order valence-corrected chi connectivity index (χ4v) is 4.51. The van der Waals surface area contributed by atoms with Crippen molar-refractivity contribution >= 4 is 11.4 Å². The van der Waals surface area contributed by atoms with Crippen LogP contribution in [0.1, 0.15) is 48.0 Å². The van der Waals surface area contributed by atoms with Crippen LogP contribution in [0, 0.1) is 17.2 Å². The average Bonchev–Trinajstić information content (AvgIpc) is 3.57. The summed E-state index contributed by atoms with van der Waals surface area (Å²) in [6.45, 7) is 4.47. The first kappa shape index (κ1) is 25.1. The number of nitriles is 1. The number of methoxy groups -OCH3 is 1. The molecule has 2 heterocycles. The van der Waals surface area contributed by atoms with E-state index in [4.69, 9.17) is 9.47 Å². The van der Waals surface area contributed by atoms with Gasteiger partial charge >= 0.3 is 6.61 Å². The molecular weight excluding hydrogens is 464 g/mol. The highest BCUT2D eigenvalue weighted by Gasteiger charge is 2.31.